The van der Waals surface area contributed by atoms with E-state index in [9.17, 15) is 137 Å². The maximum atomic E-state index is 13.4. The minimum atomic E-state index is -2.58. The maximum Gasteiger partial charge on any atom is 0.335 e. The van der Waals surface area contributed by atoms with Gasteiger partial charge in [-0.25, -0.2) is 9.59 Å². The Kier molecular flexibility index (Phi) is 26.9. The molecule has 8 saturated heterocycles. The van der Waals surface area contributed by atoms with Crippen molar-refractivity contribution < 1.29 is 208 Å². The van der Waals surface area contributed by atoms with Crippen molar-refractivity contribution >= 4 is 23.8 Å². The fraction of sp³-hybridized carbons (Fsp3) is 0.923. The lowest BCUT2D eigenvalue weighted by Gasteiger charge is -2.53. The lowest BCUT2D eigenvalue weighted by Crippen LogP contribution is -2.72. The van der Waals surface area contributed by atoms with Gasteiger partial charge in [0.05, 0.1) is 39.1 Å². The Labute approximate surface area is 540 Å². The van der Waals surface area contributed by atoms with Gasteiger partial charge in [0.1, 0.15) is 177 Å². The first-order valence-corrected chi connectivity index (χ1v) is 30.0. The van der Waals surface area contributed by atoms with Crippen LogP contribution in [0.3, 0.4) is 0 Å². The van der Waals surface area contributed by atoms with Crippen molar-refractivity contribution in [1.29, 1.82) is 0 Å². The third-order valence-electron chi connectivity index (χ3n) is 17.4. The van der Waals surface area contributed by atoms with Crippen molar-refractivity contribution in [3.63, 3.8) is 0 Å². The van der Waals surface area contributed by atoms with E-state index in [1.807, 2.05) is 0 Å². The van der Waals surface area contributed by atoms with Crippen LogP contribution in [0.4, 0.5) is 0 Å². The summed E-state index contributed by atoms with van der Waals surface area (Å²) in [4.78, 5) is 50.1. The first kappa shape index (κ1) is 78.2. The number of amides is 2. The molecule has 44 nitrogen and oxygen atoms in total. The van der Waals surface area contributed by atoms with Crippen LogP contribution in [0.15, 0.2) is 0 Å². The summed E-state index contributed by atoms with van der Waals surface area (Å²) in [5.41, 5.74) is 0. The van der Waals surface area contributed by atoms with E-state index < -0.39 is 302 Å². The molecule has 40 atom stereocenters. The highest BCUT2D eigenvalue weighted by atomic mass is 16.8. The zero-order valence-corrected chi connectivity index (χ0v) is 50.7. The van der Waals surface area contributed by atoms with Gasteiger partial charge in [0, 0.05) is 13.8 Å². The van der Waals surface area contributed by atoms with Crippen LogP contribution in [0.5, 0.6) is 0 Å². The Morgan fingerprint density at radius 2 is 0.615 bits per heavy atom. The average Bonchev–Trinajstić information content (AvgIpc) is 0.758. The van der Waals surface area contributed by atoms with Crippen LogP contribution in [-0.2, 0) is 90.2 Å². The smallest absolute Gasteiger partial charge is 0.335 e. The predicted molar refractivity (Wildman–Crippen MR) is 287 cm³/mol. The fourth-order valence-electron chi connectivity index (χ4n) is 12.2. The van der Waals surface area contributed by atoms with Crippen LogP contribution in [0.2, 0.25) is 0 Å². The van der Waals surface area contributed by atoms with Crippen molar-refractivity contribution in [2.24, 2.45) is 0 Å². The minimum Gasteiger partial charge on any atom is -0.479 e. The van der Waals surface area contributed by atoms with Gasteiger partial charge in [-0.2, -0.15) is 0 Å². The number of aliphatic hydroxyl groups is 21. The molecule has 0 aromatic rings. The number of aliphatic hydroxyl groups excluding tert-OH is 21. The third-order valence-corrected chi connectivity index (χ3v) is 17.4. The summed E-state index contributed by atoms with van der Waals surface area (Å²) in [6, 6.07) is -3.97. The number of hydrogen-bond donors (Lipinski definition) is 25. The molecule has 8 rings (SSSR count). The molecular formula is C52H84N2O42. The maximum absolute atomic E-state index is 13.4. The summed E-state index contributed by atoms with van der Waals surface area (Å²) < 4.78 is 88.2. The molecule has 0 spiro atoms. The summed E-state index contributed by atoms with van der Waals surface area (Å²) in [5, 5.41) is 256. The quantitative estimate of drug-likeness (QED) is 0.0452. The SMILES string of the molecule is CC(=O)N[C@@H]1[C@@H](O[C@@H]2O[C@H](CO)[C@H](O[C@H]3O[C@H](CO)[C@H](O)[C@H](O[C@@H]4O[C@H](CO)[C@H](O)[C@H](O[C@@H]5O[C@H](C(=O)O)[C@@H](O)[C@H](O)[C@H]5O)[C@H]4O)[C@H]3NC(C)=O)[C@H](O[C@@H]3O[C@H](CO)[C@H](O)[C@H](O[C@@H]4O[C@H](C(=O)O)[C@@H](O)[C@H](O)[C@H]4O)[C@H]3O)[C@H]2O[C@@H]2O[C@@H](C)[C@@H](O)[C@@H](O)[C@@H]2O)[C@@H](O)[C@@H](CO)O[C@@H]1O. The summed E-state index contributed by atoms with van der Waals surface area (Å²) in [6.07, 6.45) is -84.8. The van der Waals surface area contributed by atoms with E-state index in [1.165, 1.54) is 6.92 Å². The van der Waals surface area contributed by atoms with E-state index in [0.717, 1.165) is 13.8 Å². The second-order valence-corrected chi connectivity index (χ2v) is 23.9. The highest BCUT2D eigenvalue weighted by Crippen LogP contribution is 2.41. The normalized spacial score (nSPS) is 50.3. The van der Waals surface area contributed by atoms with Gasteiger partial charge in [-0.15, -0.1) is 0 Å². The second kappa shape index (κ2) is 33.0. The Bertz CT molecular complexity index is 2540. The predicted octanol–water partition coefficient (Wildman–Crippen LogP) is -17.0. The van der Waals surface area contributed by atoms with E-state index in [-0.39, 0.29) is 0 Å². The molecular weight excluding hydrogens is 1320 g/mol. The molecule has 554 valence electrons. The van der Waals surface area contributed by atoms with Gasteiger partial charge in [-0.05, 0) is 6.92 Å². The molecule has 25 N–H and O–H groups in total. The molecule has 0 unspecified atom stereocenters. The average molecular weight is 1410 g/mol. The van der Waals surface area contributed by atoms with Crippen LogP contribution in [0, 0.1) is 0 Å². The summed E-state index contributed by atoms with van der Waals surface area (Å²) in [5.74, 6) is -5.76. The largest absolute Gasteiger partial charge is 0.479 e. The molecule has 0 radical (unpaired) electrons. The Balaban J connectivity index is 1.23. The standard InChI is InChI=1S/C52H84N2O42/c1-9-19(62)24(67)29(72)47(82-9)96-42-41(95-51-33(76)38(23(66)15(7-58)86-51)92-49-31(74)26(69)28(71)40(94-49)44(79)80)34(16(8-59)87-52(42)90-35-17(53-10(2)60)45(81)83-12(4-55)20(35)63)88-46-18(54-11(3)61)36(21(64)13(5-56)84-46)89-50-32(75)37(22(65)14(6-57)85-50)91-48-30(73)25(68)27(70)39(93-48)43(77)78/h9,12-42,45-52,55-59,62-76,81H,4-8H2,1-3H3,(H,53,60)(H,54,61)(H,77,78)(H,79,80)/t9-,12+,13+,14+,15+,16+,17+,18+,19+,20-,21-,22-,23-,24+,25-,26-,27-,28-,29-,30+,31+,32+,33+,34-,35+,36+,37-,38-,39-,40-,41-,42+,45-,46+,47-,48+,49+,50-,51-,52-/m0/s1. The summed E-state index contributed by atoms with van der Waals surface area (Å²) >= 11 is 0. The number of nitrogens with one attached hydrogen (secondary N) is 2. The van der Waals surface area contributed by atoms with Gasteiger partial charge in [-0.1, -0.05) is 0 Å². The molecule has 0 aromatic heterocycles. The van der Waals surface area contributed by atoms with Gasteiger partial charge in [0.15, 0.2) is 62.5 Å². The van der Waals surface area contributed by atoms with Gasteiger partial charge in [0.2, 0.25) is 11.8 Å². The molecule has 0 saturated carbocycles. The van der Waals surface area contributed by atoms with Gasteiger partial charge in [0.25, 0.3) is 0 Å². The van der Waals surface area contributed by atoms with Gasteiger partial charge in [-0.3, -0.25) is 9.59 Å². The van der Waals surface area contributed by atoms with Gasteiger partial charge >= 0.3 is 11.9 Å². The number of hydrogen-bond acceptors (Lipinski definition) is 40. The fourth-order valence-corrected chi connectivity index (χ4v) is 12.2. The highest BCUT2D eigenvalue weighted by Gasteiger charge is 2.62. The van der Waals surface area contributed by atoms with E-state index in [0.29, 0.717) is 0 Å². The number of ether oxygens (including phenoxy) is 15. The van der Waals surface area contributed by atoms with E-state index >= 15 is 0 Å². The molecule has 8 aliphatic rings. The molecule has 8 fully saturated rings. The molecule has 0 bridgehead atoms. The van der Waals surface area contributed by atoms with Crippen molar-refractivity contribution in [2.75, 3.05) is 33.0 Å². The summed E-state index contributed by atoms with van der Waals surface area (Å²) in [6.45, 7) is -3.06. The topological polar surface area (TPSA) is 696 Å². The molecule has 44 heteroatoms. The monoisotopic (exact) mass is 1410 g/mol. The van der Waals surface area contributed by atoms with E-state index in [4.69, 9.17) is 71.1 Å². The number of aliphatic carboxylic acids is 2. The van der Waals surface area contributed by atoms with E-state index in [2.05, 4.69) is 10.6 Å². The molecule has 0 aliphatic carbocycles. The zero-order chi connectivity index (χ0) is 71.0. The second-order valence-electron chi connectivity index (χ2n) is 23.9. The molecule has 96 heavy (non-hydrogen) atoms. The Morgan fingerprint density at radius 3 is 1.04 bits per heavy atom. The Morgan fingerprint density at radius 1 is 0.302 bits per heavy atom. The lowest BCUT2D eigenvalue weighted by atomic mass is 9.93. The first-order chi connectivity index (χ1) is 45.2. The van der Waals surface area contributed by atoms with Crippen LogP contribution in [0.25, 0.3) is 0 Å². The van der Waals surface area contributed by atoms with Crippen molar-refractivity contribution in [3.05, 3.63) is 0 Å². The minimum absolute atomic E-state index is 0.878. The lowest BCUT2D eigenvalue weighted by molar-refractivity contribution is -0.418. The van der Waals surface area contributed by atoms with Crippen LogP contribution >= 0.6 is 0 Å². The van der Waals surface area contributed by atoms with Crippen molar-refractivity contribution in [3.8, 4) is 0 Å². The molecule has 8 aliphatic heterocycles. The number of carbonyl (C=O) groups is 4. The third kappa shape index (κ3) is 16.3. The molecule has 0 aromatic carbocycles. The highest BCUT2D eigenvalue weighted by molar-refractivity contribution is 5.74. The van der Waals surface area contributed by atoms with Gasteiger partial charge < -0.3 is 199 Å². The van der Waals surface area contributed by atoms with Crippen molar-refractivity contribution in [2.45, 2.75) is 266 Å². The zero-order valence-electron chi connectivity index (χ0n) is 50.7. The number of carboxylic acids is 2. The number of rotatable bonds is 23. The van der Waals surface area contributed by atoms with Crippen LogP contribution in [0.1, 0.15) is 20.8 Å². The first-order valence-electron chi connectivity index (χ1n) is 30.0. The number of carbonyl (C=O) groups excluding carboxylic acids is 2. The van der Waals surface area contributed by atoms with Crippen LogP contribution < -0.4 is 10.6 Å². The van der Waals surface area contributed by atoms with Crippen LogP contribution in [-0.4, -0.2) is 420 Å². The summed E-state index contributed by atoms with van der Waals surface area (Å²) in [7, 11) is 0. The molecule has 8 heterocycles. The number of carboxylic acid groups (broad SMARTS) is 2. The van der Waals surface area contributed by atoms with E-state index in [1.54, 1.807) is 0 Å². The Hall–Kier alpha value is -3.56. The van der Waals surface area contributed by atoms with Crippen molar-refractivity contribution in [1.82, 2.24) is 10.6 Å². The molecule has 2 amide bonds.